The number of carboxylic acids is 5. The number of aryl methyl sites for hydroxylation is 2. The Balaban J connectivity index is 1.60. The molecule has 0 amide bonds. The lowest BCUT2D eigenvalue weighted by molar-refractivity contribution is -0.141. The summed E-state index contributed by atoms with van der Waals surface area (Å²) in [4.78, 5) is 84.0. The normalized spacial score (nSPS) is 10.9. The summed E-state index contributed by atoms with van der Waals surface area (Å²) in [6.07, 6.45) is 0. The van der Waals surface area contributed by atoms with Crippen molar-refractivity contribution in [2.75, 3.05) is 0 Å². The van der Waals surface area contributed by atoms with E-state index in [1.165, 1.54) is 43.3 Å². The summed E-state index contributed by atoms with van der Waals surface area (Å²) < 4.78 is 10.8. The Morgan fingerprint density at radius 3 is 1.12 bits per heavy atom. The van der Waals surface area contributed by atoms with Crippen LogP contribution in [-0.2, 0) is 10.2 Å². The minimum absolute atomic E-state index is 0.0292. The van der Waals surface area contributed by atoms with Gasteiger partial charge in [0, 0.05) is 0 Å². The molecule has 14 heteroatoms. The molecule has 0 aliphatic carbocycles. The molecule has 0 spiro atoms. The van der Waals surface area contributed by atoms with Gasteiger partial charge in [-0.1, -0.05) is 24.3 Å². The summed E-state index contributed by atoms with van der Waals surface area (Å²) in [5.41, 5.74) is -3.12. The Morgan fingerprint density at radius 1 is 0.490 bits per heavy atom. The van der Waals surface area contributed by atoms with Crippen LogP contribution in [0.2, 0.25) is 0 Å². The van der Waals surface area contributed by atoms with Crippen molar-refractivity contribution < 1.29 is 68.6 Å². The fourth-order valence-corrected chi connectivity index (χ4v) is 4.95. The second kappa shape index (κ2) is 13.5. The van der Waals surface area contributed by atoms with Crippen molar-refractivity contribution in [2.24, 2.45) is 0 Å². The van der Waals surface area contributed by atoms with Gasteiger partial charge in [0.25, 0.3) is 0 Å². The van der Waals surface area contributed by atoms with Crippen molar-refractivity contribution in [3.05, 3.63) is 128 Å². The van der Waals surface area contributed by atoms with Gasteiger partial charge < -0.3 is 35.0 Å². The van der Waals surface area contributed by atoms with Crippen LogP contribution in [0.25, 0.3) is 0 Å². The fraction of sp³-hybridized carbons (Fsp3) is 0.114. The van der Waals surface area contributed by atoms with E-state index in [1.807, 2.05) is 0 Å². The molecule has 4 aromatic carbocycles. The van der Waals surface area contributed by atoms with Gasteiger partial charge in [-0.25, -0.2) is 28.8 Å². The van der Waals surface area contributed by atoms with Crippen LogP contribution in [0, 0.1) is 13.8 Å². The van der Waals surface area contributed by atoms with Crippen LogP contribution in [0.5, 0.6) is 11.5 Å². The lowest BCUT2D eigenvalue weighted by Gasteiger charge is -2.27. The van der Waals surface area contributed by atoms with E-state index in [0.717, 1.165) is 36.4 Å². The number of hydrogen-bond donors (Lipinski definition) is 5. The second-order valence-electron chi connectivity index (χ2n) is 10.9. The van der Waals surface area contributed by atoms with Crippen molar-refractivity contribution in [2.45, 2.75) is 26.2 Å². The third-order valence-corrected chi connectivity index (χ3v) is 7.77. The van der Waals surface area contributed by atoms with Gasteiger partial charge in [0.15, 0.2) is 0 Å². The maximum absolute atomic E-state index is 12.8. The number of carboxylic acid groups (broad SMARTS) is 5. The first-order valence-corrected chi connectivity index (χ1v) is 14.1. The highest BCUT2D eigenvalue weighted by molar-refractivity contribution is 6.05. The molecule has 0 aliphatic rings. The SMILES string of the molecule is Cc1cc(C(C)(C(=O)O)c2ccc(OC(=O)c3ccc(C(=O)O)c(C(=O)O)c3)c(C)c2)ccc1OC(=O)c1ccc(C(=O)O)c(C(=O)O)c1. The van der Waals surface area contributed by atoms with Crippen LogP contribution in [0.4, 0.5) is 0 Å². The summed E-state index contributed by atoms with van der Waals surface area (Å²) >= 11 is 0. The Labute approximate surface area is 276 Å². The maximum atomic E-state index is 12.8. The Bertz CT molecular complexity index is 1950. The molecule has 0 bridgehead atoms. The highest BCUT2D eigenvalue weighted by Crippen LogP contribution is 2.37. The van der Waals surface area contributed by atoms with E-state index in [4.69, 9.17) is 9.47 Å². The van der Waals surface area contributed by atoms with E-state index in [1.54, 1.807) is 13.8 Å². The van der Waals surface area contributed by atoms with Crippen LogP contribution < -0.4 is 9.47 Å². The average Bonchev–Trinajstić information content (AvgIpc) is 3.05. The summed E-state index contributed by atoms with van der Waals surface area (Å²) in [5, 5.41) is 47.5. The fourth-order valence-electron chi connectivity index (χ4n) is 4.95. The predicted molar refractivity (Wildman–Crippen MR) is 167 cm³/mol. The first-order chi connectivity index (χ1) is 22.9. The smallest absolute Gasteiger partial charge is 0.343 e. The van der Waals surface area contributed by atoms with E-state index in [-0.39, 0.29) is 33.8 Å². The molecule has 0 aromatic heterocycles. The monoisotopic (exact) mass is 670 g/mol. The first-order valence-electron chi connectivity index (χ1n) is 14.1. The number of aromatic carboxylic acids is 4. The van der Waals surface area contributed by atoms with Crippen LogP contribution in [0.1, 0.15) is 91.3 Å². The average molecular weight is 671 g/mol. The molecule has 0 saturated carbocycles. The molecule has 49 heavy (non-hydrogen) atoms. The molecule has 250 valence electrons. The van der Waals surface area contributed by atoms with E-state index < -0.39 is 69.5 Å². The minimum atomic E-state index is -1.67. The van der Waals surface area contributed by atoms with E-state index >= 15 is 0 Å². The largest absolute Gasteiger partial charge is 0.480 e. The number of aliphatic carboxylic acids is 1. The van der Waals surface area contributed by atoms with Gasteiger partial charge in [0.1, 0.15) is 16.9 Å². The van der Waals surface area contributed by atoms with Gasteiger partial charge in [-0.05, 0) is 91.6 Å². The molecule has 0 saturated heterocycles. The molecule has 4 rings (SSSR count). The highest BCUT2D eigenvalue weighted by Gasteiger charge is 2.38. The minimum Gasteiger partial charge on any atom is -0.480 e. The van der Waals surface area contributed by atoms with Crippen LogP contribution in [-0.4, -0.2) is 67.3 Å². The Morgan fingerprint density at radius 2 is 0.837 bits per heavy atom. The molecule has 0 unspecified atom stereocenters. The van der Waals surface area contributed by atoms with Crippen molar-refractivity contribution in [1.29, 1.82) is 0 Å². The molecule has 0 fully saturated rings. The topological polar surface area (TPSA) is 239 Å². The van der Waals surface area contributed by atoms with Crippen LogP contribution in [0.15, 0.2) is 72.8 Å². The van der Waals surface area contributed by atoms with Gasteiger partial charge in [-0.15, -0.1) is 0 Å². The van der Waals surface area contributed by atoms with Gasteiger partial charge in [-0.3, -0.25) is 4.79 Å². The standard InChI is InChI=1S/C35H26O14/c1-16-12-20(6-10-26(16)48-32(44)18-4-8-22(28(36)37)24(14-18)30(40)41)35(3,34(46)47)21-7-11-27(17(2)13-21)49-33(45)19-5-9-23(29(38)39)25(15-19)31(42)43/h4-15H,1-3H3,(H,36,37)(H,38,39)(H,40,41)(H,42,43)(H,46,47). The van der Waals surface area contributed by atoms with Crippen molar-refractivity contribution in [3.63, 3.8) is 0 Å². The third-order valence-electron chi connectivity index (χ3n) is 7.77. The lowest BCUT2D eigenvalue weighted by Crippen LogP contribution is -2.34. The molecule has 14 nitrogen and oxygen atoms in total. The predicted octanol–water partition coefficient (Wildman–Crippen LogP) is 4.93. The molecular formula is C35H26O14. The van der Waals surface area contributed by atoms with Crippen LogP contribution >= 0.6 is 0 Å². The molecule has 0 heterocycles. The molecule has 0 atom stereocenters. The molecular weight excluding hydrogens is 644 g/mol. The number of carbonyl (C=O) groups excluding carboxylic acids is 2. The molecule has 0 radical (unpaired) electrons. The zero-order chi connectivity index (χ0) is 36.4. The number of ether oxygens (including phenoxy) is 2. The first kappa shape index (κ1) is 35.0. The quantitative estimate of drug-likeness (QED) is 0.105. The third kappa shape index (κ3) is 6.97. The number of benzene rings is 4. The van der Waals surface area contributed by atoms with Crippen LogP contribution in [0.3, 0.4) is 0 Å². The summed E-state index contributed by atoms with van der Waals surface area (Å²) in [5.74, 6) is -9.23. The number of esters is 2. The Kier molecular flexibility index (Phi) is 9.65. The molecule has 0 aliphatic heterocycles. The van der Waals surface area contributed by atoms with Crippen molar-refractivity contribution >= 4 is 41.8 Å². The van der Waals surface area contributed by atoms with Crippen molar-refractivity contribution in [3.8, 4) is 11.5 Å². The van der Waals surface area contributed by atoms with E-state index in [2.05, 4.69) is 0 Å². The zero-order valence-electron chi connectivity index (χ0n) is 25.8. The summed E-state index contributed by atoms with van der Waals surface area (Å²) in [7, 11) is 0. The van der Waals surface area contributed by atoms with Crippen molar-refractivity contribution in [1.82, 2.24) is 0 Å². The lowest BCUT2D eigenvalue weighted by atomic mass is 9.75. The van der Waals surface area contributed by atoms with Gasteiger partial charge in [0.05, 0.1) is 33.4 Å². The van der Waals surface area contributed by atoms with Gasteiger partial charge >= 0.3 is 41.8 Å². The molecule has 5 N–H and O–H groups in total. The molecule has 4 aromatic rings. The number of carbonyl (C=O) groups is 7. The van der Waals surface area contributed by atoms with Gasteiger partial charge in [-0.2, -0.15) is 0 Å². The number of hydrogen-bond acceptors (Lipinski definition) is 9. The number of rotatable bonds is 11. The second-order valence-corrected chi connectivity index (χ2v) is 10.9. The Hall–Kier alpha value is -6.83. The van der Waals surface area contributed by atoms with E-state index in [0.29, 0.717) is 11.1 Å². The maximum Gasteiger partial charge on any atom is 0.343 e. The summed E-state index contributed by atoms with van der Waals surface area (Å²) in [6, 6.07) is 14.4. The zero-order valence-corrected chi connectivity index (χ0v) is 25.8. The highest BCUT2D eigenvalue weighted by atomic mass is 16.5. The summed E-state index contributed by atoms with van der Waals surface area (Å²) in [6.45, 7) is 4.54. The van der Waals surface area contributed by atoms with E-state index in [9.17, 15) is 59.1 Å². The van der Waals surface area contributed by atoms with Gasteiger partial charge in [0.2, 0.25) is 0 Å².